The highest BCUT2D eigenvalue weighted by Crippen LogP contribution is 2.14. The molecule has 0 spiro atoms. The number of thiocarbonyl (C=S) groups is 1. The van der Waals surface area contributed by atoms with E-state index in [1.807, 2.05) is 30.3 Å². The molecule has 2 rings (SSSR count). The molecule has 19 heavy (non-hydrogen) atoms. The van der Waals surface area contributed by atoms with Crippen LogP contribution in [0.4, 0.5) is 5.82 Å². The number of nitrogens with one attached hydrogen (secondary N) is 1. The van der Waals surface area contributed by atoms with Crippen molar-refractivity contribution >= 4 is 23.0 Å². The smallest absolute Gasteiger partial charge is 0.136 e. The molecule has 0 aliphatic carbocycles. The molecule has 0 saturated carbocycles. The van der Waals surface area contributed by atoms with Crippen molar-refractivity contribution in [3.63, 3.8) is 0 Å². The van der Waals surface area contributed by atoms with Crippen LogP contribution in [0.1, 0.15) is 18.1 Å². The van der Waals surface area contributed by atoms with Crippen LogP contribution in [-0.2, 0) is 6.42 Å². The number of aromatic nitrogens is 1. The summed E-state index contributed by atoms with van der Waals surface area (Å²) in [4.78, 5) is 4.67. The highest BCUT2D eigenvalue weighted by molar-refractivity contribution is 7.80. The largest absolute Gasteiger partial charge is 0.389 e. The lowest BCUT2D eigenvalue weighted by Crippen LogP contribution is -2.22. The first kappa shape index (κ1) is 13.5. The van der Waals surface area contributed by atoms with Crippen molar-refractivity contribution in [2.24, 2.45) is 5.73 Å². The Morgan fingerprint density at radius 1 is 1.26 bits per heavy atom. The minimum Gasteiger partial charge on any atom is -0.389 e. The highest BCUT2D eigenvalue weighted by Gasteiger charge is 2.09. The van der Waals surface area contributed by atoms with Gasteiger partial charge in [0, 0.05) is 12.2 Å². The zero-order valence-electron chi connectivity index (χ0n) is 10.8. The van der Waals surface area contributed by atoms with E-state index in [1.165, 1.54) is 5.56 Å². The maximum Gasteiger partial charge on any atom is 0.136 e. The molecule has 0 radical (unpaired) electrons. The lowest BCUT2D eigenvalue weighted by Gasteiger charge is -2.16. The van der Waals surface area contributed by atoms with Gasteiger partial charge >= 0.3 is 0 Å². The summed E-state index contributed by atoms with van der Waals surface area (Å²) in [6.45, 7) is 2.12. The Balaban J connectivity index is 2.07. The normalized spacial score (nSPS) is 11.8. The van der Waals surface area contributed by atoms with E-state index in [-0.39, 0.29) is 6.04 Å². The van der Waals surface area contributed by atoms with Crippen molar-refractivity contribution in [1.29, 1.82) is 0 Å². The SMILES string of the molecule is CC(Cc1ccccc1)Nc1ncccc1C(N)=S. The van der Waals surface area contributed by atoms with E-state index < -0.39 is 0 Å². The van der Waals surface area contributed by atoms with Crippen LogP contribution in [0.5, 0.6) is 0 Å². The zero-order valence-corrected chi connectivity index (χ0v) is 11.7. The number of anilines is 1. The van der Waals surface area contributed by atoms with E-state index in [1.54, 1.807) is 6.20 Å². The van der Waals surface area contributed by atoms with E-state index in [0.29, 0.717) is 4.99 Å². The predicted molar refractivity (Wildman–Crippen MR) is 83.4 cm³/mol. The molecule has 1 aromatic heterocycles. The first-order chi connectivity index (χ1) is 9.16. The van der Waals surface area contributed by atoms with Crippen molar-refractivity contribution in [2.45, 2.75) is 19.4 Å². The Kier molecular flexibility index (Phi) is 4.47. The summed E-state index contributed by atoms with van der Waals surface area (Å²) in [6.07, 6.45) is 2.66. The zero-order chi connectivity index (χ0) is 13.7. The van der Waals surface area contributed by atoms with E-state index >= 15 is 0 Å². The lowest BCUT2D eigenvalue weighted by molar-refractivity contribution is 0.784. The summed E-state index contributed by atoms with van der Waals surface area (Å²) < 4.78 is 0. The van der Waals surface area contributed by atoms with Crippen LogP contribution in [0.3, 0.4) is 0 Å². The lowest BCUT2D eigenvalue weighted by atomic mass is 10.1. The van der Waals surface area contributed by atoms with Gasteiger partial charge in [0.2, 0.25) is 0 Å². The minimum atomic E-state index is 0.255. The Morgan fingerprint density at radius 3 is 2.68 bits per heavy atom. The van der Waals surface area contributed by atoms with E-state index in [2.05, 4.69) is 29.4 Å². The van der Waals surface area contributed by atoms with Gasteiger partial charge < -0.3 is 11.1 Å². The van der Waals surface area contributed by atoms with Crippen LogP contribution in [0, 0.1) is 0 Å². The second-order valence-corrected chi connectivity index (χ2v) is 4.94. The van der Waals surface area contributed by atoms with Crippen molar-refractivity contribution in [1.82, 2.24) is 4.98 Å². The number of hydrogen-bond donors (Lipinski definition) is 2. The molecule has 0 aliphatic rings. The third kappa shape index (κ3) is 3.76. The number of hydrogen-bond acceptors (Lipinski definition) is 3. The monoisotopic (exact) mass is 271 g/mol. The average molecular weight is 271 g/mol. The summed E-state index contributed by atoms with van der Waals surface area (Å²) in [5.74, 6) is 0.749. The van der Waals surface area contributed by atoms with Crippen LogP contribution in [0.2, 0.25) is 0 Å². The van der Waals surface area contributed by atoms with Gasteiger partial charge in [0.15, 0.2) is 0 Å². The van der Waals surface area contributed by atoms with Gasteiger partial charge in [-0.3, -0.25) is 0 Å². The van der Waals surface area contributed by atoms with Crippen LogP contribution in [0.15, 0.2) is 48.7 Å². The topological polar surface area (TPSA) is 50.9 Å². The van der Waals surface area contributed by atoms with Crippen molar-refractivity contribution in [3.05, 3.63) is 59.8 Å². The third-order valence-electron chi connectivity index (χ3n) is 2.84. The second-order valence-electron chi connectivity index (χ2n) is 4.50. The number of nitrogens with two attached hydrogens (primary N) is 1. The molecule has 2 aromatic rings. The summed E-state index contributed by atoms with van der Waals surface area (Å²) in [5.41, 5.74) is 7.77. The van der Waals surface area contributed by atoms with Crippen LogP contribution in [-0.4, -0.2) is 16.0 Å². The molecule has 1 aromatic carbocycles. The fourth-order valence-electron chi connectivity index (χ4n) is 1.97. The van der Waals surface area contributed by atoms with Crippen molar-refractivity contribution in [2.75, 3.05) is 5.32 Å². The molecule has 3 nitrogen and oxygen atoms in total. The van der Waals surface area contributed by atoms with Gasteiger partial charge in [-0.15, -0.1) is 0 Å². The summed E-state index contributed by atoms with van der Waals surface area (Å²) in [7, 11) is 0. The third-order valence-corrected chi connectivity index (χ3v) is 3.06. The second kappa shape index (κ2) is 6.29. The summed E-state index contributed by atoms with van der Waals surface area (Å²) >= 11 is 5.03. The molecule has 1 heterocycles. The number of pyridine rings is 1. The number of nitrogens with zero attached hydrogens (tertiary/aromatic N) is 1. The minimum absolute atomic E-state index is 0.255. The van der Waals surface area contributed by atoms with Crippen LogP contribution < -0.4 is 11.1 Å². The molecule has 0 fully saturated rings. The Hall–Kier alpha value is -1.94. The van der Waals surface area contributed by atoms with Crippen LogP contribution >= 0.6 is 12.2 Å². The maximum atomic E-state index is 5.69. The quantitative estimate of drug-likeness (QED) is 0.821. The molecular weight excluding hydrogens is 254 g/mol. The fourth-order valence-corrected chi connectivity index (χ4v) is 2.14. The Labute approximate surface area is 118 Å². The van der Waals surface area contributed by atoms with Gasteiger partial charge in [-0.1, -0.05) is 42.5 Å². The fraction of sp³-hybridized carbons (Fsp3) is 0.200. The number of benzene rings is 1. The molecule has 0 saturated heterocycles. The van der Waals surface area contributed by atoms with Crippen molar-refractivity contribution in [3.8, 4) is 0 Å². The molecule has 0 amide bonds. The van der Waals surface area contributed by atoms with Gasteiger partial charge in [0.25, 0.3) is 0 Å². The van der Waals surface area contributed by atoms with E-state index in [9.17, 15) is 0 Å². The predicted octanol–water partition coefficient (Wildman–Crippen LogP) is 2.76. The average Bonchev–Trinajstić information content (AvgIpc) is 2.40. The van der Waals surface area contributed by atoms with E-state index in [4.69, 9.17) is 18.0 Å². The summed E-state index contributed by atoms with van der Waals surface area (Å²) in [5, 5.41) is 3.36. The van der Waals surface area contributed by atoms with Gasteiger partial charge in [-0.05, 0) is 31.0 Å². The van der Waals surface area contributed by atoms with Gasteiger partial charge in [0.1, 0.15) is 10.8 Å². The maximum absolute atomic E-state index is 5.69. The molecule has 1 atom stereocenters. The molecule has 98 valence electrons. The van der Waals surface area contributed by atoms with Crippen molar-refractivity contribution < 1.29 is 0 Å². The molecule has 3 N–H and O–H groups in total. The first-order valence-corrected chi connectivity index (χ1v) is 6.63. The Morgan fingerprint density at radius 2 is 2.00 bits per heavy atom. The molecule has 4 heteroatoms. The Bertz CT molecular complexity index is 554. The molecule has 1 unspecified atom stereocenters. The molecule has 0 bridgehead atoms. The number of rotatable bonds is 5. The van der Waals surface area contributed by atoms with E-state index in [0.717, 1.165) is 17.8 Å². The standard InChI is InChI=1S/C15H17N3S/c1-11(10-12-6-3-2-4-7-12)18-15-13(14(16)19)8-5-9-17-15/h2-9,11H,10H2,1H3,(H2,16,19)(H,17,18). The van der Waals surface area contributed by atoms with Gasteiger partial charge in [-0.25, -0.2) is 4.98 Å². The summed E-state index contributed by atoms with van der Waals surface area (Å²) in [6, 6.07) is 14.3. The van der Waals surface area contributed by atoms with Crippen LogP contribution in [0.25, 0.3) is 0 Å². The van der Waals surface area contributed by atoms with Gasteiger partial charge in [0.05, 0.1) is 5.56 Å². The highest BCUT2D eigenvalue weighted by atomic mass is 32.1. The molecule has 0 aliphatic heterocycles. The van der Waals surface area contributed by atoms with Gasteiger partial charge in [-0.2, -0.15) is 0 Å². The molecular formula is C15H17N3S. The first-order valence-electron chi connectivity index (χ1n) is 6.22.